The van der Waals surface area contributed by atoms with E-state index in [2.05, 4.69) is 26.0 Å². The van der Waals surface area contributed by atoms with E-state index in [4.69, 9.17) is 55.0 Å². The number of fused-ring (bicyclic) bond motifs is 15. The number of alkyl carbamates (subject to hydrolysis) is 2. The van der Waals surface area contributed by atoms with Gasteiger partial charge < -0.3 is 76.8 Å². The number of carbonyl (C=O) groups excluding carboxylic acids is 7. The molecule has 6 aromatic heterocycles. The van der Waals surface area contributed by atoms with Gasteiger partial charge in [-0.3, -0.25) is 61.4 Å². The Morgan fingerprint density at radius 3 is 1.21 bits per heavy atom. The summed E-state index contributed by atoms with van der Waals surface area (Å²) in [5.74, 6) is -4.65. The fraction of sp³-hybridized carbons (Fsp3) is 0.432. The van der Waals surface area contributed by atoms with Gasteiger partial charge in [-0.15, -0.1) is 0 Å². The molecular formula is C88H95F3N12O23S. The number of benzene rings is 3. The summed E-state index contributed by atoms with van der Waals surface area (Å²) in [4.78, 5) is 150. The molecule has 3 aliphatic carbocycles. The highest BCUT2D eigenvalue weighted by atomic mass is 32.2. The lowest BCUT2D eigenvalue weighted by Gasteiger charge is -2.32. The van der Waals surface area contributed by atoms with Crippen molar-refractivity contribution in [2.45, 2.75) is 200 Å². The number of ether oxygens (including phenoxy) is 5. The first-order valence-corrected chi connectivity index (χ1v) is 43.1. The van der Waals surface area contributed by atoms with Gasteiger partial charge in [0, 0.05) is 73.8 Å². The third kappa shape index (κ3) is 16.2. The number of nitrogens with two attached hydrogens (primary N) is 2. The number of aliphatic hydroxyl groups is 3. The summed E-state index contributed by atoms with van der Waals surface area (Å²) in [7, 11) is -3.67. The molecule has 0 bridgehead atoms. The number of hydrogen-bond acceptors (Lipinski definition) is 26. The van der Waals surface area contributed by atoms with E-state index < -0.39 is 116 Å². The minimum atomic E-state index is -3.67. The number of rotatable bonds is 11. The van der Waals surface area contributed by atoms with Crippen molar-refractivity contribution in [2.24, 2.45) is 11.5 Å². The zero-order chi connectivity index (χ0) is 92.4. The van der Waals surface area contributed by atoms with E-state index in [0.29, 0.717) is 118 Å². The van der Waals surface area contributed by atoms with E-state index in [1.54, 1.807) is 98.9 Å². The summed E-state index contributed by atoms with van der Waals surface area (Å²) in [6.07, 6.45) is 2.70. The number of carboxylic acids is 1. The Kier molecular flexibility index (Phi) is 24.1. The Balaban J connectivity index is 0.000000143. The molecule has 0 saturated carbocycles. The third-order valence-electron chi connectivity index (χ3n) is 24.5. The number of Topliss-reactive ketones (excluding diaryl/α,β-unsaturated/α-hetero) is 3. The summed E-state index contributed by atoms with van der Waals surface area (Å²) in [6.45, 7) is 17.2. The average molecular weight is 1780 g/mol. The molecule has 18 rings (SSSR count). The van der Waals surface area contributed by atoms with Crippen molar-refractivity contribution >= 4 is 90.1 Å². The van der Waals surface area contributed by atoms with Crippen LogP contribution in [0.5, 0.6) is 17.2 Å². The molecule has 672 valence electrons. The summed E-state index contributed by atoms with van der Waals surface area (Å²) < 4.78 is 101. The summed E-state index contributed by atoms with van der Waals surface area (Å²) in [6, 6.07) is 7.74. The molecule has 35 nitrogen and oxygen atoms in total. The predicted molar refractivity (Wildman–Crippen MR) is 451 cm³/mol. The van der Waals surface area contributed by atoms with E-state index in [0.717, 1.165) is 60.7 Å². The van der Waals surface area contributed by atoms with Gasteiger partial charge in [0.05, 0.1) is 101 Å². The number of aryl methyl sites for hydroxylation is 3. The molecule has 4 amide bonds. The van der Waals surface area contributed by atoms with Crippen LogP contribution in [0.3, 0.4) is 0 Å². The quantitative estimate of drug-likeness (QED) is 0.0604. The second-order valence-corrected chi connectivity index (χ2v) is 35.3. The van der Waals surface area contributed by atoms with E-state index in [-0.39, 0.29) is 135 Å². The molecule has 127 heavy (non-hydrogen) atoms. The molecule has 39 heteroatoms. The van der Waals surface area contributed by atoms with Crippen LogP contribution < -0.4 is 63.6 Å². The highest BCUT2D eigenvalue weighted by molar-refractivity contribution is 7.85. The van der Waals surface area contributed by atoms with Crippen molar-refractivity contribution in [3.8, 4) is 51.4 Å². The summed E-state index contributed by atoms with van der Waals surface area (Å²) >= 11 is 0. The fourth-order valence-corrected chi connectivity index (χ4v) is 18.3. The van der Waals surface area contributed by atoms with E-state index in [1.165, 1.54) is 27.3 Å². The van der Waals surface area contributed by atoms with Crippen LogP contribution in [0.2, 0.25) is 0 Å². The van der Waals surface area contributed by atoms with E-state index >= 15 is 4.39 Å². The maximum absolute atomic E-state index is 15.1. The van der Waals surface area contributed by atoms with Crippen molar-refractivity contribution in [3.05, 3.63) is 168 Å². The molecule has 9 aliphatic rings. The predicted octanol–water partition coefficient (Wildman–Crippen LogP) is 6.64. The lowest BCUT2D eigenvalue weighted by Crippen LogP contribution is -2.45. The second kappa shape index (κ2) is 33.7. The molecule has 0 radical (unpaired) electrons. The molecule has 13 N–H and O–H groups in total. The number of carbonyl (C=O) groups is 8. The Hall–Kier alpha value is -12.4. The number of amides is 4. The number of hydrogen-bond donors (Lipinski definition) is 11. The number of carboxylic acid groups (broad SMARTS) is 1. The van der Waals surface area contributed by atoms with Gasteiger partial charge in [-0.25, -0.2) is 37.7 Å². The zero-order valence-corrected chi connectivity index (χ0v) is 72.3. The smallest absolute Gasteiger partial charge is 0.408 e. The van der Waals surface area contributed by atoms with Crippen LogP contribution in [0.1, 0.15) is 195 Å². The first-order valence-electron chi connectivity index (χ1n) is 41.2. The fourth-order valence-electron chi connectivity index (χ4n) is 18.3. The van der Waals surface area contributed by atoms with Gasteiger partial charge in [-0.05, 0) is 181 Å². The molecule has 6 atom stereocenters. The van der Waals surface area contributed by atoms with Crippen LogP contribution in [0.15, 0.2) is 50.8 Å². The largest absolute Gasteiger partial charge is 0.480 e. The van der Waals surface area contributed by atoms with Crippen LogP contribution in [0.4, 0.5) is 22.8 Å². The number of aromatic nitrogens is 6. The first kappa shape index (κ1) is 90.8. The Morgan fingerprint density at radius 2 is 0.882 bits per heavy atom. The van der Waals surface area contributed by atoms with Crippen molar-refractivity contribution in [1.29, 1.82) is 0 Å². The topological polar surface area (TPSA) is 523 Å². The van der Waals surface area contributed by atoms with Gasteiger partial charge in [-0.1, -0.05) is 20.8 Å². The molecule has 0 saturated heterocycles. The minimum Gasteiger partial charge on any atom is -0.480 e. The maximum Gasteiger partial charge on any atom is 0.408 e. The molecule has 3 aromatic carbocycles. The Bertz CT molecular complexity index is 6610. The second-order valence-electron chi connectivity index (χ2n) is 33.9. The van der Waals surface area contributed by atoms with Crippen LogP contribution in [-0.2, 0) is 104 Å². The van der Waals surface area contributed by atoms with Crippen molar-refractivity contribution in [3.63, 3.8) is 0 Å². The third-order valence-corrected chi connectivity index (χ3v) is 24.5. The number of aliphatic carboxylic acids is 1. The van der Waals surface area contributed by atoms with Crippen molar-refractivity contribution in [1.82, 2.24) is 49.9 Å². The molecule has 0 spiro atoms. The van der Waals surface area contributed by atoms with Gasteiger partial charge in [-0.2, -0.15) is 8.42 Å². The average Bonchev–Trinajstić information content (AvgIpc) is 1.58. The molecule has 0 unspecified atom stereocenters. The number of pyridine rings is 6. The normalized spacial score (nSPS) is 20.0. The summed E-state index contributed by atoms with van der Waals surface area (Å²) in [5.41, 5.74) is 17.6. The van der Waals surface area contributed by atoms with E-state index in [9.17, 15) is 85.3 Å². The van der Waals surface area contributed by atoms with Gasteiger partial charge >= 0.3 is 18.2 Å². The van der Waals surface area contributed by atoms with Gasteiger partial charge in [0.15, 0.2) is 53.9 Å². The number of ketones is 3. The molecule has 6 aliphatic heterocycles. The van der Waals surface area contributed by atoms with Crippen LogP contribution in [0, 0.1) is 38.2 Å². The van der Waals surface area contributed by atoms with Gasteiger partial charge in [0.1, 0.15) is 36.1 Å². The SMILES string of the molecule is CC(C)OC(=O)NCC(=O)O.CC[C@@]1(O)C(=O)COc2c1cc1n(c2=O)Cc2c-1nc1cc(F)c(C)c3c1c2[C@@H](N)CC3.CC[C@@]1(O)C(=O)COc2c1cc1n(c2=O)Cc2c-1nc1cc(F)c(C)c3c1c2[C@@H](NC(=O)CN)CC3.CC[C@@]1(O)C(=O)COc2c1cc1n(c2=O)Cc2c-1nc1cc(F)c(C)c3c1c2[C@@H](NC(=O)CNC(=O)OC(C)(C)C)CC3.CS(=O)(=O)O. The van der Waals surface area contributed by atoms with Crippen LogP contribution >= 0.6 is 0 Å². The van der Waals surface area contributed by atoms with Gasteiger partial charge in [0.2, 0.25) is 29.2 Å². The molecule has 9 aromatic rings. The lowest BCUT2D eigenvalue weighted by atomic mass is 9.81. The van der Waals surface area contributed by atoms with E-state index in [1.807, 2.05) is 0 Å². The zero-order valence-electron chi connectivity index (χ0n) is 71.5. The lowest BCUT2D eigenvalue weighted by molar-refractivity contribution is -0.144. The monoisotopic (exact) mass is 1780 g/mol. The van der Waals surface area contributed by atoms with Crippen molar-refractivity contribution in [2.75, 3.05) is 45.7 Å². The van der Waals surface area contributed by atoms with Crippen LogP contribution in [0.25, 0.3) is 66.9 Å². The Labute approximate surface area is 722 Å². The highest BCUT2D eigenvalue weighted by Crippen LogP contribution is 2.51. The Morgan fingerprint density at radius 1 is 0.551 bits per heavy atom. The van der Waals surface area contributed by atoms with Crippen molar-refractivity contribution < 1.29 is 109 Å². The summed E-state index contributed by atoms with van der Waals surface area (Å²) in [5, 5.41) is 54.5. The molecular weight excluding hydrogens is 1680 g/mol. The number of nitrogens with one attached hydrogen (secondary N) is 4. The first-order chi connectivity index (χ1) is 59.7. The standard InChI is InChI=1S/C31H33FN4O7.C26H25FN4O5.C24H22FN3O4.C6H11NO4.CH4O3S/c1-6-31(41)17-9-21-26-16(12-36(21)28(39)27(17)42-13-22(31)37)25-19(34-23(38)11-33-29(40)43-30(3,4)5)8-7-15-14(2)18(32)10-20(35-26)24(15)25;1-3-26(35)14-6-18-23-13(9-31(18)25(34)24(14)36-10-19(26)32)22-16(29-20(33)8-28)5-4-12-11(2)15(27)7-17(30-23)21(12)22;1-3-24(31)13-6-17-21-12(8-28(17)23(30)22(13)32-9-18(24)29)19-15(26)5-4-11-10(2)14(25)7-16(27-21)20(11)19;1-4(2)11-6(10)7-3-5(8)9;1-5(2,3)4/h9-10,19,41H,6-8,11-13H2,1-5H3,(H,33,40)(H,34,38);6-7,16,35H,3-5,8-10,28H2,1-2H3,(H,29,33);6-7,15,31H,3-5,8-9,26H2,1-2H3;4H,3H2,1-2H3,(H,7,10)(H,8,9);1H3,(H,2,3,4)/t19-,31-;16-,26-;15-,24-;;/m000../s1. The van der Waals surface area contributed by atoms with Gasteiger partial charge in [0.25, 0.3) is 26.8 Å². The number of halogens is 3. The van der Waals surface area contributed by atoms with Crippen LogP contribution in [-0.4, -0.2) is 167 Å². The molecule has 0 fully saturated rings. The highest BCUT2D eigenvalue weighted by Gasteiger charge is 2.50. The minimum absolute atomic E-state index is 0.00409. The number of nitrogens with zero attached hydrogens (tertiary/aromatic N) is 6. The molecule has 12 heterocycles. The maximum atomic E-state index is 15.1.